The molecular formula is C39H40Cl3N5OP+. The maximum Gasteiger partial charge on any atom is 0.330 e. The number of hydrogen-bond acceptors (Lipinski definition) is 4. The van der Waals surface area contributed by atoms with E-state index in [9.17, 15) is 4.79 Å². The molecule has 6 rings (SSSR count). The summed E-state index contributed by atoms with van der Waals surface area (Å²) in [6.07, 6.45) is 4.90. The Kier molecular flexibility index (Phi) is 10.8. The molecule has 2 aromatic heterocycles. The van der Waals surface area contributed by atoms with Gasteiger partial charge in [-0.1, -0.05) is 83.7 Å². The van der Waals surface area contributed by atoms with Crippen LogP contribution in [-0.2, 0) is 13.1 Å². The quantitative estimate of drug-likeness (QED) is 0.0777. The van der Waals surface area contributed by atoms with Crippen molar-refractivity contribution in [3.8, 4) is 0 Å². The lowest BCUT2D eigenvalue weighted by molar-refractivity contribution is 0.570. The van der Waals surface area contributed by atoms with Crippen LogP contribution in [0, 0.1) is 20.8 Å². The van der Waals surface area contributed by atoms with Gasteiger partial charge in [-0.3, -0.25) is 9.13 Å². The van der Waals surface area contributed by atoms with Crippen LogP contribution in [0.4, 0.5) is 5.95 Å². The summed E-state index contributed by atoms with van der Waals surface area (Å²) in [6.45, 7) is 7.28. The van der Waals surface area contributed by atoms with Crippen molar-refractivity contribution in [1.82, 2.24) is 19.1 Å². The topological polar surface area (TPSA) is 78.7 Å². The van der Waals surface area contributed by atoms with E-state index in [0.717, 1.165) is 37.4 Å². The summed E-state index contributed by atoms with van der Waals surface area (Å²) in [5.41, 5.74) is 11.3. The van der Waals surface area contributed by atoms with Crippen molar-refractivity contribution in [3.63, 3.8) is 0 Å². The first-order chi connectivity index (χ1) is 23.6. The first-order valence-electron chi connectivity index (χ1n) is 16.5. The second kappa shape index (κ2) is 15.1. The van der Waals surface area contributed by atoms with E-state index in [1.54, 1.807) is 21.3 Å². The van der Waals surface area contributed by atoms with Gasteiger partial charge in [0.05, 0.1) is 22.8 Å². The van der Waals surface area contributed by atoms with Crippen molar-refractivity contribution in [3.05, 3.63) is 139 Å². The molecule has 252 valence electrons. The molecule has 0 unspecified atom stereocenters. The molecule has 0 aliphatic heterocycles. The number of nitrogens with zero attached hydrogens (tertiary/aromatic N) is 4. The Hall–Kier alpha value is -3.67. The number of benzene rings is 4. The second-order valence-corrected chi connectivity index (χ2v) is 17.6. The third-order valence-corrected chi connectivity index (χ3v) is 14.6. The second-order valence-electron chi connectivity index (χ2n) is 12.8. The van der Waals surface area contributed by atoms with Gasteiger partial charge in [-0.2, -0.15) is 9.97 Å². The van der Waals surface area contributed by atoms with E-state index in [-0.39, 0.29) is 23.3 Å². The number of imidazole rings is 1. The molecule has 0 aliphatic rings. The zero-order valence-electron chi connectivity index (χ0n) is 28.0. The first kappa shape index (κ1) is 35.2. The highest BCUT2D eigenvalue weighted by atomic mass is 35.5. The SMILES string of the molecule is Cc1cccc([P+](CCCCCCn2c(=O)n(Cc3ccc(Cl)c(Cl)c3)c3nc(N)nc(Cl)c32)(c2cccc(C)c2)c2cccc(C)c2)c1. The van der Waals surface area contributed by atoms with E-state index in [1.807, 2.05) is 6.07 Å². The van der Waals surface area contributed by atoms with Crippen LogP contribution >= 0.6 is 42.1 Å². The summed E-state index contributed by atoms with van der Waals surface area (Å²) >= 11 is 19.0. The van der Waals surface area contributed by atoms with Gasteiger partial charge in [0.2, 0.25) is 5.95 Å². The summed E-state index contributed by atoms with van der Waals surface area (Å²) in [6, 6.07) is 32.6. The number of nitrogens with two attached hydrogens (primary N) is 1. The number of anilines is 1. The predicted octanol–water partition coefficient (Wildman–Crippen LogP) is 8.66. The van der Waals surface area contributed by atoms with Crippen molar-refractivity contribution < 1.29 is 0 Å². The lowest BCUT2D eigenvalue weighted by Crippen LogP contribution is -2.34. The van der Waals surface area contributed by atoms with Gasteiger partial charge in [-0.15, -0.1) is 0 Å². The predicted molar refractivity (Wildman–Crippen MR) is 209 cm³/mol. The van der Waals surface area contributed by atoms with E-state index >= 15 is 0 Å². The smallest absolute Gasteiger partial charge is 0.330 e. The number of aromatic nitrogens is 4. The standard InChI is InChI=1S/C39H40Cl3N5OP/c1-26-11-8-14-30(21-26)49(31-15-9-12-27(2)22-31,32-16-10-13-28(3)23-32)20-7-5-4-6-19-46-35-36(42)44-38(43)45-37(35)47(39(46)48)25-29-17-18-33(40)34(41)24-29/h8-18,21-24H,4-7,19-20,25H2,1-3H3,(H2,43,44,45)/q+1. The van der Waals surface area contributed by atoms with Gasteiger partial charge in [0.15, 0.2) is 10.8 Å². The number of fused-ring (bicyclic) bond motifs is 1. The highest BCUT2D eigenvalue weighted by Crippen LogP contribution is 2.56. The number of nitrogen functional groups attached to an aromatic ring is 1. The van der Waals surface area contributed by atoms with Gasteiger partial charge in [0.1, 0.15) is 28.7 Å². The molecule has 4 aromatic carbocycles. The van der Waals surface area contributed by atoms with Crippen LogP contribution in [-0.4, -0.2) is 25.3 Å². The van der Waals surface area contributed by atoms with Crippen molar-refractivity contribution in [2.45, 2.75) is 59.5 Å². The van der Waals surface area contributed by atoms with Gasteiger partial charge in [-0.25, -0.2) is 4.79 Å². The number of hydrogen-bond donors (Lipinski definition) is 1. The van der Waals surface area contributed by atoms with E-state index in [1.165, 1.54) is 32.6 Å². The van der Waals surface area contributed by atoms with E-state index in [4.69, 9.17) is 40.5 Å². The number of aryl methyl sites for hydroxylation is 4. The normalized spacial score (nSPS) is 11.8. The lowest BCUT2D eigenvalue weighted by Gasteiger charge is -2.28. The van der Waals surface area contributed by atoms with Gasteiger partial charge in [-0.05, 0) is 111 Å². The Bertz CT molecular complexity index is 2080. The summed E-state index contributed by atoms with van der Waals surface area (Å²) in [5, 5.41) is 5.28. The van der Waals surface area contributed by atoms with Crippen LogP contribution in [0.5, 0.6) is 0 Å². The zero-order valence-corrected chi connectivity index (χ0v) is 31.1. The van der Waals surface area contributed by atoms with Gasteiger partial charge < -0.3 is 5.73 Å². The van der Waals surface area contributed by atoms with Crippen molar-refractivity contribution >= 4 is 75.1 Å². The molecule has 49 heavy (non-hydrogen) atoms. The molecule has 0 aliphatic carbocycles. The van der Waals surface area contributed by atoms with Crippen molar-refractivity contribution in [2.75, 3.05) is 11.9 Å². The molecule has 0 fully saturated rings. The largest absolute Gasteiger partial charge is 0.368 e. The minimum absolute atomic E-state index is 0.0141. The van der Waals surface area contributed by atoms with Crippen LogP contribution in [0.2, 0.25) is 15.2 Å². The van der Waals surface area contributed by atoms with Crippen LogP contribution < -0.4 is 27.3 Å². The van der Waals surface area contributed by atoms with E-state index < -0.39 is 7.26 Å². The molecule has 0 saturated carbocycles. The monoisotopic (exact) mass is 730 g/mol. The molecule has 0 radical (unpaired) electrons. The maximum absolute atomic E-state index is 13.8. The van der Waals surface area contributed by atoms with E-state index in [2.05, 4.69) is 104 Å². The fraction of sp³-hybridized carbons (Fsp3) is 0.256. The Balaban J connectivity index is 1.25. The number of halogens is 3. The molecule has 2 N–H and O–H groups in total. The fourth-order valence-electron chi connectivity index (χ4n) is 6.76. The fourth-order valence-corrected chi connectivity index (χ4v) is 12.0. The average molecular weight is 732 g/mol. The summed E-state index contributed by atoms with van der Waals surface area (Å²) < 4.78 is 3.25. The zero-order chi connectivity index (χ0) is 34.7. The highest BCUT2D eigenvalue weighted by Gasteiger charge is 2.45. The Morgan fingerprint density at radius 2 is 1.24 bits per heavy atom. The van der Waals surface area contributed by atoms with E-state index in [0.29, 0.717) is 27.8 Å². The molecule has 0 atom stereocenters. The molecule has 2 heterocycles. The van der Waals surface area contributed by atoms with Crippen LogP contribution in [0.25, 0.3) is 11.2 Å². The summed E-state index contributed by atoms with van der Waals surface area (Å²) in [7, 11) is -1.95. The molecule has 0 spiro atoms. The minimum atomic E-state index is -1.95. The average Bonchev–Trinajstić information content (AvgIpc) is 3.32. The molecule has 0 amide bonds. The molecule has 10 heteroatoms. The van der Waals surface area contributed by atoms with Crippen molar-refractivity contribution in [2.24, 2.45) is 0 Å². The third kappa shape index (κ3) is 7.44. The number of rotatable bonds is 12. The Labute approximate surface area is 303 Å². The van der Waals surface area contributed by atoms with Crippen LogP contribution in [0.15, 0.2) is 95.8 Å². The molecule has 0 saturated heterocycles. The summed E-state index contributed by atoms with van der Waals surface area (Å²) in [4.78, 5) is 22.4. The van der Waals surface area contributed by atoms with Crippen LogP contribution in [0.3, 0.4) is 0 Å². The highest BCUT2D eigenvalue weighted by molar-refractivity contribution is 7.95. The Morgan fingerprint density at radius 3 is 1.80 bits per heavy atom. The molecule has 6 nitrogen and oxygen atoms in total. The molecule has 0 bridgehead atoms. The van der Waals surface area contributed by atoms with Gasteiger partial charge >= 0.3 is 5.69 Å². The van der Waals surface area contributed by atoms with Gasteiger partial charge in [0, 0.05) is 6.54 Å². The van der Waals surface area contributed by atoms with Crippen LogP contribution in [0.1, 0.15) is 47.9 Å². The minimum Gasteiger partial charge on any atom is -0.368 e. The molecular weight excluding hydrogens is 692 g/mol. The molecule has 6 aromatic rings. The first-order valence-corrected chi connectivity index (χ1v) is 19.6. The summed E-state index contributed by atoms with van der Waals surface area (Å²) in [5.74, 6) is 0.0141. The third-order valence-electron chi connectivity index (χ3n) is 9.10. The maximum atomic E-state index is 13.8. The Morgan fingerprint density at radius 1 is 0.673 bits per heavy atom. The lowest BCUT2D eigenvalue weighted by atomic mass is 10.2. The number of unbranched alkanes of at least 4 members (excludes halogenated alkanes) is 3. The van der Waals surface area contributed by atoms with Gasteiger partial charge in [0.25, 0.3) is 0 Å². The van der Waals surface area contributed by atoms with Crippen molar-refractivity contribution in [1.29, 1.82) is 0 Å².